The van der Waals surface area contributed by atoms with Crippen molar-refractivity contribution in [1.82, 2.24) is 4.72 Å². The molecule has 2 aliphatic carbocycles. The van der Waals surface area contributed by atoms with Gasteiger partial charge in [-0.2, -0.15) is 0 Å². The van der Waals surface area contributed by atoms with E-state index < -0.39 is 16.1 Å². The first-order valence-electron chi connectivity index (χ1n) is 7.21. The minimum Gasteiger partial charge on any atom is -0.389 e. The lowest BCUT2D eigenvalue weighted by Crippen LogP contribution is -2.31. The zero-order chi connectivity index (χ0) is 14.4. The smallest absolute Gasteiger partial charge is 0.240 e. The van der Waals surface area contributed by atoms with Gasteiger partial charge in [0.1, 0.15) is 0 Å². The number of nitrogens with one attached hydrogen (secondary N) is 1. The Labute approximate surface area is 120 Å². The predicted octanol–water partition coefficient (Wildman–Crippen LogP) is 2.21. The van der Waals surface area contributed by atoms with Crippen molar-refractivity contribution in [2.75, 3.05) is 6.54 Å². The summed E-state index contributed by atoms with van der Waals surface area (Å²) in [5.74, 6) is 0.731. The molecule has 0 spiro atoms. The van der Waals surface area contributed by atoms with E-state index in [2.05, 4.69) is 4.72 Å². The molecule has 2 aliphatic rings. The van der Waals surface area contributed by atoms with Gasteiger partial charge in [-0.25, -0.2) is 13.1 Å². The van der Waals surface area contributed by atoms with Gasteiger partial charge in [0.05, 0.1) is 11.0 Å². The molecule has 20 heavy (non-hydrogen) atoms. The Balaban J connectivity index is 1.73. The van der Waals surface area contributed by atoms with Crippen molar-refractivity contribution in [3.05, 3.63) is 29.8 Å². The van der Waals surface area contributed by atoms with Crippen molar-refractivity contribution in [3.8, 4) is 0 Å². The fourth-order valence-corrected chi connectivity index (χ4v) is 4.04. The van der Waals surface area contributed by atoms with E-state index >= 15 is 0 Å². The normalized spacial score (nSPS) is 22.5. The second-order valence-corrected chi connectivity index (χ2v) is 7.98. The standard InChI is InChI=1S/C15H21NO3S/c1-11(17)12-3-2-4-14(9-12)20(18,19)16-10-15(7-8-15)13-5-6-13/h2-4,9,11,13,16-17H,5-8,10H2,1H3. The van der Waals surface area contributed by atoms with Crippen molar-refractivity contribution in [1.29, 1.82) is 0 Å². The summed E-state index contributed by atoms with van der Waals surface area (Å²) in [4.78, 5) is 0.238. The molecule has 0 bridgehead atoms. The van der Waals surface area contributed by atoms with Gasteiger partial charge < -0.3 is 5.11 Å². The van der Waals surface area contributed by atoms with E-state index in [1.165, 1.54) is 12.8 Å². The van der Waals surface area contributed by atoms with Gasteiger partial charge in [-0.15, -0.1) is 0 Å². The lowest BCUT2D eigenvalue weighted by atomic mass is 10.0. The average molecular weight is 295 g/mol. The van der Waals surface area contributed by atoms with Crippen LogP contribution in [-0.4, -0.2) is 20.1 Å². The molecule has 0 amide bonds. The van der Waals surface area contributed by atoms with E-state index in [9.17, 15) is 13.5 Å². The maximum absolute atomic E-state index is 12.3. The number of aliphatic hydroxyl groups is 1. The fraction of sp³-hybridized carbons (Fsp3) is 0.600. The van der Waals surface area contributed by atoms with E-state index in [-0.39, 0.29) is 10.3 Å². The molecule has 1 unspecified atom stereocenters. The van der Waals surface area contributed by atoms with Gasteiger partial charge in [-0.05, 0) is 61.6 Å². The first kappa shape index (κ1) is 14.0. The largest absolute Gasteiger partial charge is 0.389 e. The van der Waals surface area contributed by atoms with Crippen molar-refractivity contribution >= 4 is 10.0 Å². The van der Waals surface area contributed by atoms with Crippen LogP contribution < -0.4 is 4.72 Å². The zero-order valence-electron chi connectivity index (χ0n) is 11.7. The third-order valence-corrected chi connectivity index (χ3v) is 6.00. The SMILES string of the molecule is CC(O)c1cccc(S(=O)(=O)NCC2(C3CC3)CC2)c1. The van der Waals surface area contributed by atoms with Crippen LogP contribution in [0.3, 0.4) is 0 Å². The van der Waals surface area contributed by atoms with Gasteiger partial charge >= 0.3 is 0 Å². The molecule has 0 aliphatic heterocycles. The molecule has 1 atom stereocenters. The van der Waals surface area contributed by atoms with Crippen molar-refractivity contribution < 1.29 is 13.5 Å². The Bertz CT molecular complexity index is 601. The monoisotopic (exact) mass is 295 g/mol. The van der Waals surface area contributed by atoms with Gasteiger partial charge in [-0.1, -0.05) is 12.1 Å². The summed E-state index contributed by atoms with van der Waals surface area (Å²) in [6, 6.07) is 6.52. The van der Waals surface area contributed by atoms with E-state index in [0.29, 0.717) is 12.1 Å². The molecule has 0 aromatic heterocycles. The summed E-state index contributed by atoms with van der Waals surface area (Å²) in [6.45, 7) is 2.18. The topological polar surface area (TPSA) is 66.4 Å². The molecule has 0 saturated heterocycles. The zero-order valence-corrected chi connectivity index (χ0v) is 12.5. The molecule has 3 rings (SSSR count). The highest BCUT2D eigenvalue weighted by Crippen LogP contribution is 2.60. The molecule has 110 valence electrons. The molecule has 2 saturated carbocycles. The number of hydrogen-bond donors (Lipinski definition) is 2. The van der Waals surface area contributed by atoms with E-state index in [4.69, 9.17) is 0 Å². The highest BCUT2D eigenvalue weighted by molar-refractivity contribution is 7.89. The number of sulfonamides is 1. The van der Waals surface area contributed by atoms with Gasteiger partial charge in [0.25, 0.3) is 0 Å². The molecule has 5 heteroatoms. The van der Waals surface area contributed by atoms with Gasteiger partial charge in [0.15, 0.2) is 0 Å². The molecule has 0 heterocycles. The van der Waals surface area contributed by atoms with Crippen LogP contribution in [-0.2, 0) is 10.0 Å². The number of hydrogen-bond acceptors (Lipinski definition) is 3. The summed E-state index contributed by atoms with van der Waals surface area (Å²) in [7, 11) is -3.48. The first-order chi connectivity index (χ1) is 9.43. The molecular formula is C15H21NO3S. The maximum atomic E-state index is 12.3. The number of benzene rings is 1. The van der Waals surface area contributed by atoms with Crippen LogP contribution in [0.1, 0.15) is 44.3 Å². The summed E-state index contributed by atoms with van der Waals surface area (Å²) in [5.41, 5.74) is 0.866. The van der Waals surface area contributed by atoms with E-state index in [1.54, 1.807) is 31.2 Å². The van der Waals surface area contributed by atoms with Crippen LogP contribution in [0.25, 0.3) is 0 Å². The van der Waals surface area contributed by atoms with Crippen molar-refractivity contribution in [2.45, 2.75) is 43.6 Å². The van der Waals surface area contributed by atoms with Crippen LogP contribution in [0.5, 0.6) is 0 Å². The third-order valence-electron chi connectivity index (χ3n) is 4.60. The molecule has 1 aromatic carbocycles. The second kappa shape index (κ2) is 4.83. The van der Waals surface area contributed by atoms with Gasteiger partial charge in [0, 0.05) is 6.54 Å². The van der Waals surface area contributed by atoms with E-state index in [0.717, 1.165) is 18.8 Å². The van der Waals surface area contributed by atoms with E-state index in [1.807, 2.05) is 0 Å². The highest BCUT2D eigenvalue weighted by atomic mass is 32.2. The lowest BCUT2D eigenvalue weighted by Gasteiger charge is -2.15. The summed E-state index contributed by atoms with van der Waals surface area (Å²) < 4.78 is 27.4. The Hall–Kier alpha value is -0.910. The molecule has 4 nitrogen and oxygen atoms in total. The number of aliphatic hydroxyl groups excluding tert-OH is 1. The molecule has 2 N–H and O–H groups in total. The third kappa shape index (κ3) is 2.75. The lowest BCUT2D eigenvalue weighted by molar-refractivity contribution is 0.199. The van der Waals surface area contributed by atoms with Crippen LogP contribution in [0.2, 0.25) is 0 Å². The van der Waals surface area contributed by atoms with Crippen molar-refractivity contribution in [3.63, 3.8) is 0 Å². The average Bonchev–Trinajstić information content (AvgIpc) is 3.28. The summed E-state index contributed by atoms with van der Waals surface area (Å²) >= 11 is 0. The van der Waals surface area contributed by atoms with Gasteiger partial charge in [0.2, 0.25) is 10.0 Å². The Morgan fingerprint density at radius 1 is 1.40 bits per heavy atom. The van der Waals surface area contributed by atoms with Crippen LogP contribution >= 0.6 is 0 Å². The van der Waals surface area contributed by atoms with Gasteiger partial charge in [-0.3, -0.25) is 0 Å². The predicted molar refractivity (Wildman–Crippen MR) is 76.7 cm³/mol. The molecular weight excluding hydrogens is 274 g/mol. The quantitative estimate of drug-likeness (QED) is 0.845. The van der Waals surface area contributed by atoms with Crippen molar-refractivity contribution in [2.24, 2.45) is 11.3 Å². The molecule has 1 aromatic rings. The fourth-order valence-electron chi connectivity index (χ4n) is 2.85. The molecule has 2 fully saturated rings. The second-order valence-electron chi connectivity index (χ2n) is 6.21. The summed E-state index contributed by atoms with van der Waals surface area (Å²) in [6.07, 6.45) is 4.13. The maximum Gasteiger partial charge on any atom is 0.240 e. The Kier molecular flexibility index (Phi) is 3.39. The minimum absolute atomic E-state index is 0.238. The Morgan fingerprint density at radius 2 is 2.10 bits per heavy atom. The minimum atomic E-state index is -3.48. The van der Waals surface area contributed by atoms with Crippen LogP contribution in [0.4, 0.5) is 0 Å². The molecule has 0 radical (unpaired) electrons. The van der Waals surface area contributed by atoms with Crippen LogP contribution in [0.15, 0.2) is 29.2 Å². The number of rotatable bonds is 6. The Morgan fingerprint density at radius 3 is 2.65 bits per heavy atom. The van der Waals surface area contributed by atoms with Crippen LogP contribution in [0, 0.1) is 11.3 Å². The first-order valence-corrected chi connectivity index (χ1v) is 8.69. The summed E-state index contributed by atoms with van der Waals surface area (Å²) in [5, 5.41) is 9.55. The highest BCUT2D eigenvalue weighted by Gasteiger charge is 2.53.